The van der Waals surface area contributed by atoms with Gasteiger partial charge in [0.1, 0.15) is 0 Å². The molecule has 2 rings (SSSR count). The largest absolute Gasteiger partial charge is 0.314 e. The number of rotatable bonds is 4. The lowest BCUT2D eigenvalue weighted by molar-refractivity contribution is -0.0503. The van der Waals surface area contributed by atoms with E-state index in [1.165, 1.54) is 12.8 Å². The monoisotopic (exact) mass is 217 g/mol. The molecule has 1 N–H and O–H groups in total. The minimum Gasteiger partial charge on any atom is -0.314 e. The van der Waals surface area contributed by atoms with Gasteiger partial charge in [0.05, 0.1) is 0 Å². The van der Waals surface area contributed by atoms with E-state index in [9.17, 15) is 8.78 Å². The summed E-state index contributed by atoms with van der Waals surface area (Å²) in [4.78, 5) is 0. The van der Waals surface area contributed by atoms with Gasteiger partial charge in [0.15, 0.2) is 0 Å². The van der Waals surface area contributed by atoms with Crippen molar-refractivity contribution in [1.29, 1.82) is 0 Å². The standard InChI is InChI=1S/C12H21F2N/c1-2-15-11(9-3-4-9)10-5-7-12(13,14)8-6-10/h9-11,15H,2-8H2,1H3. The number of nitrogens with one attached hydrogen (secondary N) is 1. The van der Waals surface area contributed by atoms with Crippen LogP contribution in [0.25, 0.3) is 0 Å². The van der Waals surface area contributed by atoms with Crippen molar-refractivity contribution in [3.63, 3.8) is 0 Å². The number of alkyl halides is 2. The average molecular weight is 217 g/mol. The zero-order valence-electron chi connectivity index (χ0n) is 9.44. The molecular weight excluding hydrogens is 196 g/mol. The second-order valence-corrected chi connectivity index (χ2v) is 5.11. The lowest BCUT2D eigenvalue weighted by Gasteiger charge is -2.34. The highest BCUT2D eigenvalue weighted by Gasteiger charge is 2.41. The van der Waals surface area contributed by atoms with E-state index in [1.807, 2.05) is 0 Å². The molecule has 1 unspecified atom stereocenters. The third kappa shape index (κ3) is 2.90. The highest BCUT2D eigenvalue weighted by Crippen LogP contribution is 2.43. The van der Waals surface area contributed by atoms with Crippen molar-refractivity contribution in [3.05, 3.63) is 0 Å². The molecule has 0 saturated heterocycles. The van der Waals surface area contributed by atoms with Crippen LogP contribution in [-0.2, 0) is 0 Å². The SMILES string of the molecule is CCNC(C1CC1)C1CCC(F)(F)CC1. The van der Waals surface area contributed by atoms with Gasteiger partial charge in [0.2, 0.25) is 5.92 Å². The lowest BCUT2D eigenvalue weighted by Crippen LogP contribution is -2.41. The van der Waals surface area contributed by atoms with Crippen LogP contribution in [0.5, 0.6) is 0 Å². The Morgan fingerprint density at radius 1 is 1.13 bits per heavy atom. The van der Waals surface area contributed by atoms with Gasteiger partial charge in [0, 0.05) is 18.9 Å². The summed E-state index contributed by atoms with van der Waals surface area (Å²) in [5.74, 6) is -1.10. The molecular formula is C12H21F2N. The Labute approximate surface area is 90.6 Å². The maximum Gasteiger partial charge on any atom is 0.248 e. The number of hydrogen-bond donors (Lipinski definition) is 1. The van der Waals surface area contributed by atoms with Gasteiger partial charge < -0.3 is 5.32 Å². The molecule has 1 nitrogen and oxygen atoms in total. The van der Waals surface area contributed by atoms with E-state index in [4.69, 9.17) is 0 Å². The number of hydrogen-bond acceptors (Lipinski definition) is 1. The minimum absolute atomic E-state index is 0.103. The lowest BCUT2D eigenvalue weighted by atomic mass is 9.80. The smallest absolute Gasteiger partial charge is 0.248 e. The van der Waals surface area contributed by atoms with Crippen LogP contribution < -0.4 is 5.32 Å². The summed E-state index contributed by atoms with van der Waals surface area (Å²) in [5, 5.41) is 3.50. The summed E-state index contributed by atoms with van der Waals surface area (Å²) in [6, 6.07) is 0.520. The molecule has 1 atom stereocenters. The summed E-state index contributed by atoms with van der Waals surface area (Å²) in [6.45, 7) is 3.07. The van der Waals surface area contributed by atoms with Crippen LogP contribution in [0.2, 0.25) is 0 Å². The van der Waals surface area contributed by atoms with Crippen molar-refractivity contribution in [3.8, 4) is 0 Å². The summed E-state index contributed by atoms with van der Waals surface area (Å²) >= 11 is 0. The molecule has 2 aliphatic carbocycles. The fourth-order valence-corrected chi connectivity index (χ4v) is 2.83. The van der Waals surface area contributed by atoms with Crippen molar-refractivity contribution in [2.45, 2.75) is 57.4 Å². The second-order valence-electron chi connectivity index (χ2n) is 5.11. The Morgan fingerprint density at radius 3 is 2.13 bits per heavy atom. The van der Waals surface area contributed by atoms with Crippen molar-refractivity contribution in [2.75, 3.05) is 6.54 Å². The zero-order chi connectivity index (χ0) is 10.9. The Kier molecular flexibility index (Phi) is 3.29. The minimum atomic E-state index is -2.38. The summed E-state index contributed by atoms with van der Waals surface area (Å²) in [5.41, 5.74) is 0. The Hall–Kier alpha value is -0.180. The van der Waals surface area contributed by atoms with E-state index < -0.39 is 5.92 Å². The van der Waals surface area contributed by atoms with Gasteiger partial charge in [-0.25, -0.2) is 8.78 Å². The third-order valence-corrected chi connectivity index (χ3v) is 3.84. The predicted molar refractivity (Wildman–Crippen MR) is 57.1 cm³/mol. The van der Waals surface area contributed by atoms with Crippen molar-refractivity contribution < 1.29 is 8.78 Å². The van der Waals surface area contributed by atoms with Crippen LogP contribution in [0.3, 0.4) is 0 Å². The fraction of sp³-hybridized carbons (Fsp3) is 1.00. The quantitative estimate of drug-likeness (QED) is 0.762. The van der Waals surface area contributed by atoms with Crippen LogP contribution in [0, 0.1) is 11.8 Å². The van der Waals surface area contributed by atoms with E-state index >= 15 is 0 Å². The molecule has 0 aliphatic heterocycles. The molecule has 0 spiro atoms. The molecule has 15 heavy (non-hydrogen) atoms. The average Bonchev–Trinajstić information content (AvgIpc) is 2.98. The number of halogens is 2. The zero-order valence-corrected chi connectivity index (χ0v) is 9.44. The molecule has 2 fully saturated rings. The van der Waals surface area contributed by atoms with E-state index in [1.54, 1.807) is 0 Å². The maximum absolute atomic E-state index is 13.0. The third-order valence-electron chi connectivity index (χ3n) is 3.84. The highest BCUT2D eigenvalue weighted by molar-refractivity contribution is 4.93. The first-order valence-corrected chi connectivity index (χ1v) is 6.23. The molecule has 3 heteroatoms. The fourth-order valence-electron chi connectivity index (χ4n) is 2.83. The van der Waals surface area contributed by atoms with Gasteiger partial charge in [-0.05, 0) is 44.1 Å². The van der Waals surface area contributed by atoms with E-state index in [0.29, 0.717) is 24.8 Å². The highest BCUT2D eigenvalue weighted by atomic mass is 19.3. The van der Waals surface area contributed by atoms with Crippen LogP contribution >= 0.6 is 0 Å². The summed E-state index contributed by atoms with van der Waals surface area (Å²) < 4.78 is 26.0. The predicted octanol–water partition coefficient (Wildman–Crippen LogP) is 3.20. The topological polar surface area (TPSA) is 12.0 Å². The van der Waals surface area contributed by atoms with Crippen LogP contribution in [0.1, 0.15) is 45.4 Å². The molecule has 88 valence electrons. The van der Waals surface area contributed by atoms with Crippen molar-refractivity contribution in [1.82, 2.24) is 5.32 Å². The van der Waals surface area contributed by atoms with Crippen LogP contribution in [0.4, 0.5) is 8.78 Å². The van der Waals surface area contributed by atoms with E-state index in [2.05, 4.69) is 12.2 Å². The molecule has 0 aromatic heterocycles. The Balaban J connectivity index is 1.86. The first-order chi connectivity index (χ1) is 7.12. The maximum atomic E-state index is 13.0. The Morgan fingerprint density at radius 2 is 1.67 bits per heavy atom. The molecule has 2 saturated carbocycles. The van der Waals surface area contributed by atoms with Gasteiger partial charge >= 0.3 is 0 Å². The van der Waals surface area contributed by atoms with Crippen LogP contribution in [0.15, 0.2) is 0 Å². The van der Waals surface area contributed by atoms with Gasteiger partial charge in [-0.1, -0.05) is 6.92 Å². The molecule has 0 radical (unpaired) electrons. The molecule has 0 heterocycles. The van der Waals surface area contributed by atoms with Gasteiger partial charge in [-0.3, -0.25) is 0 Å². The van der Waals surface area contributed by atoms with E-state index in [0.717, 1.165) is 12.5 Å². The van der Waals surface area contributed by atoms with Crippen LogP contribution in [-0.4, -0.2) is 18.5 Å². The summed E-state index contributed by atoms with van der Waals surface area (Å²) in [7, 11) is 0. The molecule has 0 aromatic carbocycles. The van der Waals surface area contributed by atoms with E-state index in [-0.39, 0.29) is 12.8 Å². The normalized spacial score (nSPS) is 29.0. The van der Waals surface area contributed by atoms with Crippen molar-refractivity contribution >= 4 is 0 Å². The molecule has 0 aromatic rings. The molecule has 0 bridgehead atoms. The van der Waals surface area contributed by atoms with Gasteiger partial charge in [-0.2, -0.15) is 0 Å². The molecule has 2 aliphatic rings. The first kappa shape index (κ1) is 11.3. The summed E-state index contributed by atoms with van der Waals surface area (Å²) in [6.07, 6.45) is 4.22. The first-order valence-electron chi connectivity index (χ1n) is 6.23. The molecule has 0 amide bonds. The van der Waals surface area contributed by atoms with Gasteiger partial charge in [-0.15, -0.1) is 0 Å². The van der Waals surface area contributed by atoms with Gasteiger partial charge in [0.25, 0.3) is 0 Å². The Bertz CT molecular complexity index is 204. The van der Waals surface area contributed by atoms with Crippen molar-refractivity contribution in [2.24, 2.45) is 11.8 Å². The second kappa shape index (κ2) is 4.36.